The third-order valence-corrected chi connectivity index (χ3v) is 6.44. The molecule has 0 unspecified atom stereocenters. The lowest BCUT2D eigenvalue weighted by Gasteiger charge is -2.31. The van der Waals surface area contributed by atoms with Crippen LogP contribution in [0, 0.1) is 23.7 Å². The van der Waals surface area contributed by atoms with Crippen LogP contribution in [0.4, 0.5) is 4.79 Å². The fourth-order valence-corrected chi connectivity index (χ4v) is 4.51. The fraction of sp³-hybridized carbons (Fsp3) is 0.826. The molecule has 1 saturated carbocycles. The second-order valence-corrected chi connectivity index (χ2v) is 9.78. The number of aldehydes is 1. The number of carbonyl (C=O) groups excluding carboxylic acids is 4. The van der Waals surface area contributed by atoms with E-state index in [0.29, 0.717) is 37.5 Å². The number of alkyl carbamates (subject to hydrolysis) is 1. The van der Waals surface area contributed by atoms with E-state index in [0.717, 1.165) is 25.7 Å². The fourth-order valence-electron chi connectivity index (χ4n) is 4.51. The number of hydrogen-bond donors (Lipinski definition) is 3. The summed E-state index contributed by atoms with van der Waals surface area (Å²) in [5.41, 5.74) is 0. The van der Waals surface area contributed by atoms with Gasteiger partial charge >= 0.3 is 6.09 Å². The van der Waals surface area contributed by atoms with E-state index >= 15 is 0 Å². The van der Waals surface area contributed by atoms with Crippen LogP contribution in [0.5, 0.6) is 0 Å². The predicted octanol–water partition coefficient (Wildman–Crippen LogP) is 2.55. The number of carbonyl (C=O) groups is 4. The number of nitrogens with one attached hydrogen (secondary N) is 3. The molecule has 8 nitrogen and oxygen atoms in total. The van der Waals surface area contributed by atoms with Crippen LogP contribution < -0.4 is 16.0 Å². The van der Waals surface area contributed by atoms with Crippen LogP contribution in [-0.2, 0) is 19.1 Å². The first-order valence-corrected chi connectivity index (χ1v) is 11.7. The molecule has 0 aromatic carbocycles. The van der Waals surface area contributed by atoms with Gasteiger partial charge in [-0.15, -0.1) is 0 Å². The molecule has 1 aliphatic heterocycles. The molecule has 176 valence electrons. The number of rotatable bonds is 10. The normalized spacial score (nSPS) is 25.6. The molecule has 0 aromatic rings. The first-order valence-electron chi connectivity index (χ1n) is 11.7. The van der Waals surface area contributed by atoms with E-state index in [2.05, 4.69) is 29.8 Å². The number of hydrogen-bond acceptors (Lipinski definition) is 5. The SMILES string of the molecule is CC(C)C[C@H](NC(=O)OC1CCC(C(C)C)CC1)C(=O)N[C@H](C=O)C[C@@H]1CCNC1=O. The summed E-state index contributed by atoms with van der Waals surface area (Å²) in [6.45, 7) is 8.95. The Kier molecular flexibility index (Phi) is 9.78. The lowest BCUT2D eigenvalue weighted by molar-refractivity contribution is -0.127. The predicted molar refractivity (Wildman–Crippen MR) is 117 cm³/mol. The molecule has 1 saturated heterocycles. The summed E-state index contributed by atoms with van der Waals surface area (Å²) in [4.78, 5) is 48.5. The van der Waals surface area contributed by atoms with E-state index in [1.807, 2.05) is 13.8 Å². The van der Waals surface area contributed by atoms with Crippen molar-refractivity contribution >= 4 is 24.2 Å². The van der Waals surface area contributed by atoms with Gasteiger partial charge in [-0.3, -0.25) is 9.59 Å². The molecule has 0 bridgehead atoms. The highest BCUT2D eigenvalue weighted by Gasteiger charge is 2.31. The summed E-state index contributed by atoms with van der Waals surface area (Å²) in [5.74, 6) is 0.670. The van der Waals surface area contributed by atoms with Crippen LogP contribution in [0.3, 0.4) is 0 Å². The number of amides is 3. The molecule has 2 rings (SSSR count). The van der Waals surface area contributed by atoms with Gasteiger partial charge in [-0.05, 0) is 62.7 Å². The highest BCUT2D eigenvalue weighted by molar-refractivity contribution is 5.88. The molecular weight excluding hydrogens is 398 g/mol. The quantitative estimate of drug-likeness (QED) is 0.455. The van der Waals surface area contributed by atoms with Crippen molar-refractivity contribution in [3.63, 3.8) is 0 Å². The Morgan fingerprint density at radius 1 is 1.10 bits per heavy atom. The number of ether oxygens (including phenoxy) is 1. The Morgan fingerprint density at radius 2 is 1.77 bits per heavy atom. The maximum Gasteiger partial charge on any atom is 0.408 e. The van der Waals surface area contributed by atoms with Crippen LogP contribution in [0.2, 0.25) is 0 Å². The molecule has 3 atom stereocenters. The maximum atomic E-state index is 12.8. The molecule has 3 amide bonds. The summed E-state index contributed by atoms with van der Waals surface area (Å²) < 4.78 is 5.58. The molecule has 0 aromatic heterocycles. The topological polar surface area (TPSA) is 114 Å². The summed E-state index contributed by atoms with van der Waals surface area (Å²) in [6, 6.07) is -1.56. The Balaban J connectivity index is 1.87. The summed E-state index contributed by atoms with van der Waals surface area (Å²) in [5, 5.41) is 8.12. The van der Waals surface area contributed by atoms with E-state index in [1.54, 1.807) is 0 Å². The molecular formula is C23H39N3O5. The lowest BCUT2D eigenvalue weighted by atomic mass is 9.80. The monoisotopic (exact) mass is 437 g/mol. The first-order chi connectivity index (χ1) is 14.7. The smallest absolute Gasteiger partial charge is 0.408 e. The van der Waals surface area contributed by atoms with Crippen LogP contribution in [0.1, 0.15) is 72.6 Å². The van der Waals surface area contributed by atoms with Gasteiger partial charge in [0.05, 0.1) is 6.04 Å². The van der Waals surface area contributed by atoms with E-state index in [9.17, 15) is 19.2 Å². The minimum absolute atomic E-state index is 0.0891. The molecule has 8 heteroatoms. The van der Waals surface area contributed by atoms with Gasteiger partial charge in [0.2, 0.25) is 11.8 Å². The Bertz CT molecular complexity index is 629. The molecule has 1 aliphatic carbocycles. The van der Waals surface area contributed by atoms with Gasteiger partial charge in [0.1, 0.15) is 18.4 Å². The Morgan fingerprint density at radius 3 is 2.29 bits per heavy atom. The average molecular weight is 438 g/mol. The third-order valence-electron chi connectivity index (χ3n) is 6.44. The van der Waals surface area contributed by atoms with Gasteiger partial charge < -0.3 is 25.5 Å². The van der Waals surface area contributed by atoms with Crippen molar-refractivity contribution in [3.8, 4) is 0 Å². The molecule has 0 spiro atoms. The van der Waals surface area contributed by atoms with E-state index in [-0.39, 0.29) is 30.3 Å². The lowest BCUT2D eigenvalue weighted by Crippen LogP contribution is -2.51. The Labute approximate surface area is 185 Å². The average Bonchev–Trinajstić information content (AvgIpc) is 3.11. The van der Waals surface area contributed by atoms with Crippen LogP contribution >= 0.6 is 0 Å². The summed E-state index contributed by atoms with van der Waals surface area (Å²) in [7, 11) is 0. The van der Waals surface area contributed by atoms with Gasteiger partial charge in [0.25, 0.3) is 0 Å². The second kappa shape index (κ2) is 12.1. The van der Waals surface area contributed by atoms with E-state index in [1.165, 1.54) is 0 Å². The van der Waals surface area contributed by atoms with Gasteiger partial charge in [-0.1, -0.05) is 27.7 Å². The third kappa shape index (κ3) is 8.15. The van der Waals surface area contributed by atoms with Crippen LogP contribution in [0.25, 0.3) is 0 Å². The van der Waals surface area contributed by atoms with Crippen molar-refractivity contribution in [1.82, 2.24) is 16.0 Å². The zero-order valence-electron chi connectivity index (χ0n) is 19.3. The van der Waals surface area contributed by atoms with E-state index < -0.39 is 24.1 Å². The van der Waals surface area contributed by atoms with Crippen molar-refractivity contribution in [2.45, 2.75) is 90.8 Å². The van der Waals surface area contributed by atoms with Crippen LogP contribution in [-0.4, -0.2) is 48.9 Å². The van der Waals surface area contributed by atoms with Crippen molar-refractivity contribution in [3.05, 3.63) is 0 Å². The van der Waals surface area contributed by atoms with Crippen molar-refractivity contribution < 1.29 is 23.9 Å². The van der Waals surface area contributed by atoms with Crippen molar-refractivity contribution in [1.29, 1.82) is 0 Å². The van der Waals surface area contributed by atoms with Crippen molar-refractivity contribution in [2.75, 3.05) is 6.54 Å². The molecule has 1 heterocycles. The second-order valence-electron chi connectivity index (χ2n) is 9.78. The van der Waals surface area contributed by atoms with Crippen molar-refractivity contribution in [2.24, 2.45) is 23.7 Å². The minimum Gasteiger partial charge on any atom is -0.446 e. The highest BCUT2D eigenvalue weighted by atomic mass is 16.6. The zero-order valence-corrected chi connectivity index (χ0v) is 19.3. The molecule has 2 fully saturated rings. The Hall–Kier alpha value is -2.12. The molecule has 0 radical (unpaired) electrons. The zero-order chi connectivity index (χ0) is 23.0. The van der Waals surface area contributed by atoms with E-state index in [4.69, 9.17) is 4.74 Å². The van der Waals surface area contributed by atoms with Gasteiger partial charge in [0, 0.05) is 12.5 Å². The maximum absolute atomic E-state index is 12.8. The molecule has 31 heavy (non-hydrogen) atoms. The highest BCUT2D eigenvalue weighted by Crippen LogP contribution is 2.31. The van der Waals surface area contributed by atoms with Gasteiger partial charge in [-0.2, -0.15) is 0 Å². The molecule has 2 aliphatic rings. The summed E-state index contributed by atoms with van der Waals surface area (Å²) >= 11 is 0. The first kappa shape index (κ1) is 25.1. The van der Waals surface area contributed by atoms with Crippen LogP contribution in [0.15, 0.2) is 0 Å². The molecule has 3 N–H and O–H groups in total. The van der Waals surface area contributed by atoms with Gasteiger partial charge in [-0.25, -0.2) is 4.79 Å². The minimum atomic E-state index is -0.792. The summed E-state index contributed by atoms with van der Waals surface area (Å²) in [6.07, 6.45) is 5.05. The standard InChI is InChI=1S/C23H39N3O5/c1-14(2)11-20(22(29)25-18(13-27)12-17-9-10-24-21(17)28)26-23(30)31-19-7-5-16(6-8-19)15(3)4/h13-20H,5-12H2,1-4H3,(H,24,28)(H,25,29)(H,26,30)/t16?,17-,18-,19?,20-/m0/s1. The van der Waals surface area contributed by atoms with Gasteiger partial charge in [0.15, 0.2) is 0 Å². The largest absolute Gasteiger partial charge is 0.446 e.